The van der Waals surface area contributed by atoms with E-state index in [4.69, 9.17) is 37.4 Å². The molecule has 4 rings (SSSR count). The van der Waals surface area contributed by atoms with Crippen molar-refractivity contribution in [3.63, 3.8) is 0 Å². The molecule has 0 amide bonds. The molecule has 4 atom stereocenters. The third-order valence-electron chi connectivity index (χ3n) is 4.68. The van der Waals surface area contributed by atoms with Crippen molar-refractivity contribution >= 4 is 23.2 Å². The van der Waals surface area contributed by atoms with E-state index >= 15 is 0 Å². The van der Waals surface area contributed by atoms with Crippen LogP contribution in [0.25, 0.3) is 0 Å². The van der Waals surface area contributed by atoms with Crippen molar-refractivity contribution in [1.29, 1.82) is 0 Å². The number of hydrogen-bond acceptors (Lipinski definition) is 3. The minimum absolute atomic E-state index is 0.237. The maximum atomic E-state index is 6.96. The van der Waals surface area contributed by atoms with Crippen molar-refractivity contribution in [2.45, 2.75) is 36.2 Å². The van der Waals surface area contributed by atoms with Gasteiger partial charge in [0, 0.05) is 11.1 Å². The van der Waals surface area contributed by atoms with E-state index in [1.54, 1.807) is 0 Å². The molecule has 5 heteroatoms. The average molecular weight is 379 g/mol. The van der Waals surface area contributed by atoms with Crippen molar-refractivity contribution in [1.82, 2.24) is 0 Å². The van der Waals surface area contributed by atoms with Crippen LogP contribution in [-0.2, 0) is 24.3 Å². The van der Waals surface area contributed by atoms with Crippen LogP contribution in [0.5, 0.6) is 0 Å². The molecule has 2 heterocycles. The maximum absolute atomic E-state index is 6.96. The Bertz CT molecular complexity index is 688. The van der Waals surface area contributed by atoms with E-state index in [9.17, 15) is 0 Å². The Balaban J connectivity index is 1.72. The van der Waals surface area contributed by atoms with Crippen LogP contribution in [0, 0.1) is 13.8 Å². The van der Waals surface area contributed by atoms with Crippen LogP contribution in [0.1, 0.15) is 22.3 Å². The normalized spacial score (nSPS) is 26.6. The van der Waals surface area contributed by atoms with Crippen LogP contribution in [0.4, 0.5) is 0 Å². The molecule has 0 aromatic heterocycles. The third kappa shape index (κ3) is 3.32. The van der Waals surface area contributed by atoms with Gasteiger partial charge in [-0.2, -0.15) is 0 Å². The summed E-state index contributed by atoms with van der Waals surface area (Å²) in [4.78, 5) is 0. The zero-order chi connectivity index (χ0) is 17.7. The van der Waals surface area contributed by atoms with E-state index in [0.717, 1.165) is 22.3 Å². The monoisotopic (exact) mass is 378 g/mol. The number of hydrogen-bond donors (Lipinski definition) is 0. The molecule has 0 saturated carbocycles. The molecular weight excluding hydrogens is 359 g/mol. The molecule has 2 aromatic rings. The minimum atomic E-state index is -1.16. The van der Waals surface area contributed by atoms with Gasteiger partial charge < -0.3 is 14.2 Å². The lowest BCUT2D eigenvalue weighted by atomic mass is 10.0. The highest BCUT2D eigenvalue weighted by atomic mass is 35.5. The van der Waals surface area contributed by atoms with Crippen molar-refractivity contribution in [3.05, 3.63) is 70.8 Å². The van der Waals surface area contributed by atoms with Crippen molar-refractivity contribution < 1.29 is 14.2 Å². The molecule has 0 spiro atoms. The Kier molecular flexibility index (Phi) is 4.33. The van der Waals surface area contributed by atoms with Gasteiger partial charge in [-0.3, -0.25) is 0 Å². The Labute approximate surface area is 157 Å². The molecule has 2 aliphatic rings. The average Bonchev–Trinajstić information content (AvgIpc) is 3.48. The van der Waals surface area contributed by atoms with E-state index in [1.165, 1.54) is 0 Å². The molecule has 4 unspecified atom stereocenters. The van der Waals surface area contributed by atoms with Gasteiger partial charge in [0.15, 0.2) is 10.1 Å². The summed E-state index contributed by atoms with van der Waals surface area (Å²) in [7, 11) is 0. The number of rotatable bonds is 6. The van der Waals surface area contributed by atoms with Crippen molar-refractivity contribution in [2.24, 2.45) is 0 Å². The van der Waals surface area contributed by atoms with E-state index in [-0.39, 0.29) is 12.2 Å². The van der Waals surface area contributed by atoms with Gasteiger partial charge >= 0.3 is 0 Å². The van der Waals surface area contributed by atoms with Gasteiger partial charge in [-0.15, -0.1) is 0 Å². The van der Waals surface area contributed by atoms with E-state index in [2.05, 4.69) is 0 Å². The molecule has 3 nitrogen and oxygen atoms in total. The molecule has 132 valence electrons. The van der Waals surface area contributed by atoms with Crippen LogP contribution in [0.3, 0.4) is 0 Å². The molecule has 2 aliphatic heterocycles. The largest absolute Gasteiger partial charge is 0.368 e. The second-order valence-corrected chi connectivity index (χ2v) is 7.89. The topological polar surface area (TPSA) is 34.3 Å². The van der Waals surface area contributed by atoms with Gasteiger partial charge in [0.05, 0.1) is 13.2 Å². The highest BCUT2D eigenvalue weighted by molar-refractivity contribution is 6.26. The lowest BCUT2D eigenvalue weighted by molar-refractivity contribution is -0.0986. The summed E-state index contributed by atoms with van der Waals surface area (Å²) >= 11 is 13.9. The quantitative estimate of drug-likeness (QED) is 0.543. The van der Waals surface area contributed by atoms with Gasteiger partial charge in [-0.25, -0.2) is 0 Å². The van der Waals surface area contributed by atoms with Crippen LogP contribution in [0.15, 0.2) is 48.5 Å². The highest BCUT2D eigenvalue weighted by Gasteiger charge is 2.58. The molecule has 0 bridgehead atoms. The molecule has 0 radical (unpaired) electrons. The summed E-state index contributed by atoms with van der Waals surface area (Å²) < 4.78 is 17.4. The molecule has 25 heavy (non-hydrogen) atoms. The maximum Gasteiger partial charge on any atom is 0.198 e. The Morgan fingerprint density at radius 3 is 1.36 bits per heavy atom. The smallest absolute Gasteiger partial charge is 0.198 e. The zero-order valence-corrected chi connectivity index (χ0v) is 15.7. The summed E-state index contributed by atoms with van der Waals surface area (Å²) in [6.45, 7) is 5.16. The predicted molar refractivity (Wildman–Crippen MR) is 98.0 cm³/mol. The van der Waals surface area contributed by atoms with Crippen LogP contribution in [0.2, 0.25) is 0 Å². The Morgan fingerprint density at radius 1 is 0.760 bits per heavy atom. The number of aryl methyl sites for hydroxylation is 2. The van der Waals surface area contributed by atoms with E-state index < -0.39 is 10.1 Å². The fraction of sp³-hybridized carbons (Fsp3) is 0.400. The third-order valence-corrected chi connectivity index (χ3v) is 5.76. The molecule has 0 aliphatic carbocycles. The first-order valence-electron chi connectivity index (χ1n) is 8.37. The van der Waals surface area contributed by atoms with Gasteiger partial charge in [-0.05, 0) is 13.8 Å². The van der Waals surface area contributed by atoms with Crippen LogP contribution >= 0.6 is 23.2 Å². The first-order valence-corrected chi connectivity index (χ1v) is 9.13. The second kappa shape index (κ2) is 6.26. The summed E-state index contributed by atoms with van der Waals surface area (Å²) in [6.07, 6.45) is -0.474. The van der Waals surface area contributed by atoms with Crippen LogP contribution in [-0.4, -0.2) is 25.4 Å². The van der Waals surface area contributed by atoms with E-state index in [0.29, 0.717) is 13.2 Å². The fourth-order valence-electron chi connectivity index (χ4n) is 2.92. The van der Waals surface area contributed by atoms with Crippen molar-refractivity contribution in [2.75, 3.05) is 13.2 Å². The zero-order valence-electron chi connectivity index (χ0n) is 14.2. The van der Waals surface area contributed by atoms with Gasteiger partial charge in [-0.1, -0.05) is 82.9 Å². The Hall–Kier alpha value is -1.10. The number of ether oxygens (including phenoxy) is 3. The van der Waals surface area contributed by atoms with Crippen LogP contribution < -0.4 is 0 Å². The first kappa shape index (κ1) is 17.3. The number of alkyl halides is 2. The summed E-state index contributed by atoms with van der Waals surface area (Å²) in [5.41, 5.74) is 3.97. The highest BCUT2D eigenvalue weighted by Crippen LogP contribution is 2.52. The lowest BCUT2D eigenvalue weighted by Crippen LogP contribution is -2.41. The standard InChI is InChI=1S/C20H20Cl2O3/c1-13-3-7-15(8-4-13)19(21,17-11-23-17)25-20(22,18-12-24-18)16-9-5-14(2)6-10-16/h3-10,17-18H,11-12H2,1-2H3. The number of halogens is 2. The number of benzene rings is 2. The Morgan fingerprint density at radius 2 is 1.08 bits per heavy atom. The summed E-state index contributed by atoms with van der Waals surface area (Å²) in [5, 5.41) is -2.32. The summed E-state index contributed by atoms with van der Waals surface area (Å²) in [6, 6.07) is 15.9. The lowest BCUT2D eigenvalue weighted by Gasteiger charge is -2.36. The van der Waals surface area contributed by atoms with Gasteiger partial charge in [0.2, 0.25) is 0 Å². The number of epoxide rings is 2. The fourth-order valence-corrected chi connectivity index (χ4v) is 3.71. The molecule has 2 fully saturated rings. The molecule has 0 N–H and O–H groups in total. The van der Waals surface area contributed by atoms with Crippen molar-refractivity contribution in [3.8, 4) is 0 Å². The second-order valence-electron chi connectivity index (χ2n) is 6.77. The predicted octanol–water partition coefficient (Wildman–Crippen LogP) is 4.60. The molecule has 2 saturated heterocycles. The minimum Gasteiger partial charge on any atom is -0.368 e. The summed E-state index contributed by atoms with van der Waals surface area (Å²) in [5.74, 6) is 0. The SMILES string of the molecule is Cc1ccc(C(Cl)(OC(Cl)(c2ccc(C)cc2)C2CO2)C2CO2)cc1. The van der Waals surface area contributed by atoms with Gasteiger partial charge in [0.25, 0.3) is 0 Å². The van der Waals surface area contributed by atoms with Gasteiger partial charge in [0.1, 0.15) is 12.2 Å². The van der Waals surface area contributed by atoms with E-state index in [1.807, 2.05) is 62.4 Å². The first-order chi connectivity index (χ1) is 11.9. The molecular formula is C20H20Cl2O3. The molecule has 2 aromatic carbocycles.